The first-order valence-electron chi connectivity index (χ1n) is 11.9. The first-order chi connectivity index (χ1) is 17.4. The normalized spacial score (nSPS) is 15.7. The number of phenols is 1. The molecule has 0 aliphatic heterocycles. The van der Waals surface area contributed by atoms with E-state index in [1.54, 1.807) is 0 Å². The maximum absolute atomic E-state index is 14.0. The number of halogens is 3. The first kappa shape index (κ1) is 22.4. The van der Waals surface area contributed by atoms with Crippen molar-refractivity contribution < 1.29 is 18.3 Å². The number of benzene rings is 5. The van der Waals surface area contributed by atoms with Gasteiger partial charge in [0.25, 0.3) is 0 Å². The van der Waals surface area contributed by atoms with E-state index in [0.717, 1.165) is 52.1 Å². The van der Waals surface area contributed by atoms with Gasteiger partial charge in [0, 0.05) is 22.9 Å². The first-order valence-corrected chi connectivity index (χ1v) is 11.9. The van der Waals surface area contributed by atoms with Gasteiger partial charge >= 0.3 is 6.18 Å². The molecule has 1 atom stereocenters. The Labute approximate surface area is 206 Å². The highest BCUT2D eigenvalue weighted by atomic mass is 19.4. The molecule has 1 unspecified atom stereocenters. The van der Waals surface area contributed by atoms with Crippen molar-refractivity contribution in [2.24, 2.45) is 4.99 Å². The van der Waals surface area contributed by atoms with E-state index in [4.69, 9.17) is 0 Å². The van der Waals surface area contributed by atoms with Crippen LogP contribution in [0.25, 0.3) is 32.7 Å². The molecule has 0 radical (unpaired) electrons. The number of aliphatic imine (C=N–C) groups is 1. The predicted octanol–water partition coefficient (Wildman–Crippen LogP) is 8.49. The molecule has 0 saturated carbocycles. The van der Waals surface area contributed by atoms with Crippen LogP contribution in [-0.4, -0.2) is 11.3 Å². The van der Waals surface area contributed by atoms with Gasteiger partial charge in [-0.25, -0.2) is 0 Å². The van der Waals surface area contributed by atoms with Crippen LogP contribution < -0.4 is 0 Å². The fourth-order valence-electron chi connectivity index (χ4n) is 5.27. The van der Waals surface area contributed by atoms with Gasteiger partial charge in [-0.1, -0.05) is 72.8 Å². The lowest BCUT2D eigenvalue weighted by Gasteiger charge is -2.17. The number of fused-ring (bicyclic) bond motifs is 3. The molecule has 0 fully saturated rings. The van der Waals surface area contributed by atoms with Crippen LogP contribution in [0.4, 0.5) is 13.2 Å². The number of aromatic hydroxyl groups is 1. The van der Waals surface area contributed by atoms with Crippen LogP contribution in [-0.2, 0) is 12.6 Å². The van der Waals surface area contributed by atoms with Crippen molar-refractivity contribution >= 4 is 27.8 Å². The van der Waals surface area contributed by atoms with Crippen LogP contribution >= 0.6 is 0 Å². The molecule has 0 saturated heterocycles. The zero-order valence-corrected chi connectivity index (χ0v) is 19.3. The SMILES string of the molecule is Oc1c(C=NC2CCc3ccccc32)cc(C(F)(F)F)cc1-c1c2ccccc2cc2ccccc12. The van der Waals surface area contributed by atoms with Gasteiger partial charge in [-0.15, -0.1) is 0 Å². The van der Waals surface area contributed by atoms with E-state index in [0.29, 0.717) is 5.56 Å². The van der Waals surface area contributed by atoms with Crippen molar-refractivity contribution in [1.29, 1.82) is 0 Å². The summed E-state index contributed by atoms with van der Waals surface area (Å²) in [5, 5.41) is 14.7. The molecular formula is C31H22F3NO. The zero-order chi connectivity index (χ0) is 24.9. The molecule has 0 heterocycles. The molecule has 0 bridgehead atoms. The summed E-state index contributed by atoms with van der Waals surface area (Å²) in [6.07, 6.45) is -1.52. The highest BCUT2D eigenvalue weighted by molar-refractivity contribution is 6.14. The van der Waals surface area contributed by atoms with Gasteiger partial charge in [0.1, 0.15) is 5.75 Å². The molecule has 1 aliphatic carbocycles. The Morgan fingerprint density at radius 1 is 0.806 bits per heavy atom. The quantitative estimate of drug-likeness (QED) is 0.203. The van der Waals surface area contributed by atoms with E-state index in [9.17, 15) is 18.3 Å². The number of hydrogen-bond donors (Lipinski definition) is 1. The van der Waals surface area contributed by atoms with Gasteiger partial charge in [0.15, 0.2) is 0 Å². The fraction of sp³-hybridized carbons (Fsp3) is 0.129. The van der Waals surface area contributed by atoms with E-state index < -0.39 is 11.7 Å². The molecule has 5 heteroatoms. The molecule has 6 rings (SSSR count). The summed E-state index contributed by atoms with van der Waals surface area (Å²) >= 11 is 0. The molecule has 5 aromatic rings. The number of alkyl halides is 3. The van der Waals surface area contributed by atoms with Crippen molar-refractivity contribution in [1.82, 2.24) is 0 Å². The monoisotopic (exact) mass is 481 g/mol. The zero-order valence-electron chi connectivity index (χ0n) is 19.3. The van der Waals surface area contributed by atoms with Crippen molar-refractivity contribution in [2.75, 3.05) is 0 Å². The number of aryl methyl sites for hydroxylation is 1. The Balaban J connectivity index is 1.58. The van der Waals surface area contributed by atoms with Crippen molar-refractivity contribution in [2.45, 2.75) is 25.1 Å². The molecule has 0 spiro atoms. The Bertz CT molecular complexity index is 1600. The smallest absolute Gasteiger partial charge is 0.416 e. The van der Waals surface area contributed by atoms with Crippen LogP contribution in [0.5, 0.6) is 5.75 Å². The minimum Gasteiger partial charge on any atom is -0.507 e. The fourth-order valence-corrected chi connectivity index (χ4v) is 5.27. The summed E-state index contributed by atoms with van der Waals surface area (Å²) in [7, 11) is 0. The van der Waals surface area contributed by atoms with Crippen LogP contribution in [0.2, 0.25) is 0 Å². The van der Waals surface area contributed by atoms with E-state index >= 15 is 0 Å². The highest BCUT2D eigenvalue weighted by Crippen LogP contribution is 2.44. The molecule has 1 N–H and O–H groups in total. The number of hydrogen-bond acceptors (Lipinski definition) is 2. The molecule has 0 aromatic heterocycles. The van der Waals surface area contributed by atoms with Gasteiger partial charge in [0.05, 0.1) is 11.6 Å². The minimum absolute atomic E-state index is 0.0567. The van der Waals surface area contributed by atoms with Crippen LogP contribution in [0.1, 0.15) is 34.7 Å². The Morgan fingerprint density at radius 3 is 2.14 bits per heavy atom. The third-order valence-corrected chi connectivity index (χ3v) is 7.00. The van der Waals surface area contributed by atoms with Gasteiger partial charge in [-0.2, -0.15) is 13.2 Å². The van der Waals surface area contributed by atoms with Gasteiger partial charge < -0.3 is 5.11 Å². The lowest BCUT2D eigenvalue weighted by molar-refractivity contribution is -0.137. The average Bonchev–Trinajstić information content (AvgIpc) is 3.29. The topological polar surface area (TPSA) is 32.6 Å². The second kappa shape index (κ2) is 8.52. The number of rotatable bonds is 3. The molecular weight excluding hydrogens is 459 g/mol. The third kappa shape index (κ3) is 3.81. The van der Waals surface area contributed by atoms with E-state index in [1.807, 2.05) is 72.8 Å². The van der Waals surface area contributed by atoms with Gasteiger partial charge in [-0.3, -0.25) is 4.99 Å². The van der Waals surface area contributed by atoms with E-state index in [-0.39, 0.29) is 22.9 Å². The van der Waals surface area contributed by atoms with Crippen LogP contribution in [0.15, 0.2) is 96.0 Å². The summed E-state index contributed by atoms with van der Waals surface area (Å²) in [6.45, 7) is 0. The number of phenolic OH excluding ortho intramolecular Hbond substituents is 1. The lowest BCUT2D eigenvalue weighted by atomic mass is 9.89. The minimum atomic E-state index is -4.58. The van der Waals surface area contributed by atoms with Crippen molar-refractivity contribution in [3.05, 3.63) is 113 Å². The van der Waals surface area contributed by atoms with E-state index in [2.05, 4.69) is 11.1 Å². The van der Waals surface area contributed by atoms with E-state index in [1.165, 1.54) is 11.8 Å². The summed E-state index contributed by atoms with van der Waals surface area (Å²) in [5.74, 6) is -0.209. The van der Waals surface area contributed by atoms with Crippen LogP contribution in [0.3, 0.4) is 0 Å². The Hall–Kier alpha value is -4.12. The summed E-state index contributed by atoms with van der Waals surface area (Å²) < 4.78 is 42.1. The van der Waals surface area contributed by atoms with Crippen molar-refractivity contribution in [3.63, 3.8) is 0 Å². The maximum atomic E-state index is 14.0. The molecule has 1 aliphatic rings. The molecule has 2 nitrogen and oxygen atoms in total. The number of nitrogens with zero attached hydrogens (tertiary/aromatic N) is 1. The second-order valence-electron chi connectivity index (χ2n) is 9.18. The molecule has 0 amide bonds. The molecule has 5 aromatic carbocycles. The van der Waals surface area contributed by atoms with Gasteiger partial charge in [-0.05, 0) is 63.7 Å². The molecule has 178 valence electrons. The average molecular weight is 482 g/mol. The third-order valence-electron chi connectivity index (χ3n) is 7.00. The predicted molar refractivity (Wildman–Crippen MR) is 139 cm³/mol. The largest absolute Gasteiger partial charge is 0.507 e. The summed E-state index contributed by atoms with van der Waals surface area (Å²) in [6, 6.07) is 27.0. The maximum Gasteiger partial charge on any atom is 0.416 e. The Morgan fingerprint density at radius 2 is 1.44 bits per heavy atom. The summed E-state index contributed by atoms with van der Waals surface area (Å²) in [4.78, 5) is 4.63. The van der Waals surface area contributed by atoms with Gasteiger partial charge in [0.2, 0.25) is 0 Å². The lowest BCUT2D eigenvalue weighted by Crippen LogP contribution is -2.07. The molecule has 36 heavy (non-hydrogen) atoms. The second-order valence-corrected chi connectivity index (χ2v) is 9.18. The van der Waals surface area contributed by atoms with Crippen LogP contribution in [0, 0.1) is 0 Å². The summed E-state index contributed by atoms with van der Waals surface area (Å²) in [5.41, 5.74) is 2.25. The Kier molecular flexibility index (Phi) is 5.29. The van der Waals surface area contributed by atoms with Crippen molar-refractivity contribution in [3.8, 4) is 16.9 Å². The standard InChI is InChI=1S/C31H22F3NO/c32-31(33,34)23-16-22(18-35-28-14-13-19-7-1-4-10-24(19)28)30(36)27(17-23)29-25-11-5-2-8-20(25)15-21-9-3-6-12-26(21)29/h1-12,15-18,28,36H,13-14H2. The highest BCUT2D eigenvalue weighted by Gasteiger charge is 2.33.